The Labute approximate surface area is 88.0 Å². The number of rotatable bonds is 3. The largest absolute Gasteiger partial charge is 0.493 e. The van der Waals surface area contributed by atoms with Crippen molar-refractivity contribution in [2.75, 3.05) is 14.2 Å². The SMILES string of the molecule is COc1ccc(C2OC2C#N)cc1OC. The Balaban J connectivity index is 2.25. The second kappa shape index (κ2) is 3.79. The van der Waals surface area contributed by atoms with Crippen molar-refractivity contribution >= 4 is 0 Å². The van der Waals surface area contributed by atoms with Crippen LogP contribution < -0.4 is 9.47 Å². The van der Waals surface area contributed by atoms with Gasteiger partial charge in [0.2, 0.25) is 0 Å². The van der Waals surface area contributed by atoms with Crippen LogP contribution >= 0.6 is 0 Å². The third kappa shape index (κ3) is 1.74. The Hall–Kier alpha value is -1.73. The third-order valence-electron chi connectivity index (χ3n) is 2.35. The molecule has 78 valence electrons. The van der Waals surface area contributed by atoms with E-state index >= 15 is 0 Å². The number of hydrogen-bond donors (Lipinski definition) is 0. The van der Waals surface area contributed by atoms with E-state index in [1.807, 2.05) is 18.2 Å². The van der Waals surface area contributed by atoms with Gasteiger partial charge in [0.15, 0.2) is 17.6 Å². The summed E-state index contributed by atoms with van der Waals surface area (Å²) in [5.74, 6) is 1.33. The number of epoxide rings is 1. The first-order valence-corrected chi connectivity index (χ1v) is 4.57. The van der Waals surface area contributed by atoms with Crippen LogP contribution in [0.2, 0.25) is 0 Å². The maximum absolute atomic E-state index is 8.63. The predicted octanol–water partition coefficient (Wildman–Crippen LogP) is 1.67. The molecule has 1 aromatic carbocycles. The molecule has 1 aliphatic heterocycles. The van der Waals surface area contributed by atoms with Crippen molar-refractivity contribution in [3.05, 3.63) is 23.8 Å². The number of nitriles is 1. The fraction of sp³-hybridized carbons (Fsp3) is 0.364. The lowest BCUT2D eigenvalue weighted by Crippen LogP contribution is -1.92. The molecule has 15 heavy (non-hydrogen) atoms. The van der Waals surface area contributed by atoms with Gasteiger partial charge < -0.3 is 14.2 Å². The van der Waals surface area contributed by atoms with Crippen LogP contribution in [0.5, 0.6) is 11.5 Å². The van der Waals surface area contributed by atoms with Crippen LogP contribution in [0.3, 0.4) is 0 Å². The van der Waals surface area contributed by atoms with E-state index in [9.17, 15) is 0 Å². The fourth-order valence-electron chi connectivity index (χ4n) is 1.49. The Kier molecular flexibility index (Phi) is 2.48. The molecule has 1 fully saturated rings. The topological polar surface area (TPSA) is 54.8 Å². The quantitative estimate of drug-likeness (QED) is 0.704. The summed E-state index contributed by atoms with van der Waals surface area (Å²) in [5.41, 5.74) is 0.944. The van der Waals surface area contributed by atoms with Crippen molar-refractivity contribution in [2.24, 2.45) is 0 Å². The van der Waals surface area contributed by atoms with Crippen molar-refractivity contribution in [1.29, 1.82) is 5.26 Å². The monoisotopic (exact) mass is 205 g/mol. The molecule has 4 nitrogen and oxygen atoms in total. The highest BCUT2D eigenvalue weighted by Gasteiger charge is 2.40. The molecule has 0 N–H and O–H groups in total. The van der Waals surface area contributed by atoms with E-state index in [4.69, 9.17) is 19.5 Å². The first kappa shape index (κ1) is 9.81. The molecule has 0 saturated carbocycles. The Bertz CT molecular complexity index is 411. The van der Waals surface area contributed by atoms with E-state index < -0.39 is 0 Å². The summed E-state index contributed by atoms with van der Waals surface area (Å²) in [6.45, 7) is 0. The second-order valence-electron chi connectivity index (χ2n) is 3.22. The van der Waals surface area contributed by atoms with Gasteiger partial charge in [-0.3, -0.25) is 0 Å². The second-order valence-corrected chi connectivity index (χ2v) is 3.22. The lowest BCUT2D eigenvalue weighted by molar-refractivity contribution is 0.353. The molecular formula is C11H11NO3. The van der Waals surface area contributed by atoms with Gasteiger partial charge in [-0.2, -0.15) is 5.26 Å². The van der Waals surface area contributed by atoms with Crippen LogP contribution in [0, 0.1) is 11.3 Å². The lowest BCUT2D eigenvalue weighted by atomic mass is 10.1. The van der Waals surface area contributed by atoms with Crippen LogP contribution in [-0.4, -0.2) is 20.3 Å². The molecule has 4 heteroatoms. The van der Waals surface area contributed by atoms with Gasteiger partial charge in [-0.05, 0) is 17.7 Å². The highest BCUT2D eigenvalue weighted by atomic mass is 16.6. The molecular weight excluding hydrogens is 194 g/mol. The molecule has 1 aromatic rings. The Morgan fingerprint density at radius 1 is 1.27 bits per heavy atom. The van der Waals surface area contributed by atoms with E-state index in [0.29, 0.717) is 11.5 Å². The number of ether oxygens (including phenoxy) is 3. The average Bonchev–Trinajstić information content (AvgIpc) is 3.07. The van der Waals surface area contributed by atoms with E-state index in [2.05, 4.69) is 6.07 Å². The van der Waals surface area contributed by atoms with Crippen molar-refractivity contribution in [3.63, 3.8) is 0 Å². The van der Waals surface area contributed by atoms with Gasteiger partial charge in [-0.1, -0.05) is 6.07 Å². The molecule has 0 aliphatic carbocycles. The molecule has 0 radical (unpaired) electrons. The van der Waals surface area contributed by atoms with Crippen LogP contribution in [0.1, 0.15) is 11.7 Å². The fourth-order valence-corrected chi connectivity index (χ4v) is 1.49. The number of methoxy groups -OCH3 is 2. The van der Waals surface area contributed by atoms with E-state index in [0.717, 1.165) is 5.56 Å². The lowest BCUT2D eigenvalue weighted by Gasteiger charge is -2.07. The predicted molar refractivity (Wildman–Crippen MR) is 52.8 cm³/mol. The normalized spacial score (nSPS) is 23.0. The molecule has 1 heterocycles. The zero-order chi connectivity index (χ0) is 10.8. The standard InChI is InChI=1S/C11H11NO3/c1-13-8-4-3-7(5-9(8)14-2)11-10(6-12)15-11/h3-5,10-11H,1-2H3. The van der Waals surface area contributed by atoms with Crippen molar-refractivity contribution in [3.8, 4) is 17.6 Å². The first-order valence-electron chi connectivity index (χ1n) is 4.57. The minimum Gasteiger partial charge on any atom is -0.493 e. The van der Waals surface area contributed by atoms with Gasteiger partial charge in [0.05, 0.1) is 20.3 Å². The third-order valence-corrected chi connectivity index (χ3v) is 2.35. The van der Waals surface area contributed by atoms with Crippen LogP contribution in [0.15, 0.2) is 18.2 Å². The maximum atomic E-state index is 8.63. The maximum Gasteiger partial charge on any atom is 0.175 e. The molecule has 0 amide bonds. The minimum absolute atomic E-state index is 0.116. The van der Waals surface area contributed by atoms with Gasteiger partial charge >= 0.3 is 0 Å². The summed E-state index contributed by atoms with van der Waals surface area (Å²) in [5, 5.41) is 8.63. The molecule has 1 aliphatic rings. The van der Waals surface area contributed by atoms with Crippen molar-refractivity contribution < 1.29 is 14.2 Å². The summed E-state index contributed by atoms with van der Waals surface area (Å²) in [6, 6.07) is 7.58. The molecule has 2 atom stereocenters. The van der Waals surface area contributed by atoms with E-state index in [1.165, 1.54) is 0 Å². The average molecular weight is 205 g/mol. The molecule has 0 aromatic heterocycles. The van der Waals surface area contributed by atoms with Gasteiger partial charge in [0.25, 0.3) is 0 Å². The summed E-state index contributed by atoms with van der Waals surface area (Å²) < 4.78 is 15.4. The van der Waals surface area contributed by atoms with Crippen molar-refractivity contribution in [1.82, 2.24) is 0 Å². The molecule has 0 bridgehead atoms. The van der Waals surface area contributed by atoms with Gasteiger partial charge in [0, 0.05) is 0 Å². The van der Waals surface area contributed by atoms with Crippen LogP contribution in [0.25, 0.3) is 0 Å². The summed E-state index contributed by atoms with van der Waals surface area (Å²) >= 11 is 0. The van der Waals surface area contributed by atoms with Gasteiger partial charge in [-0.25, -0.2) is 0 Å². The van der Waals surface area contributed by atoms with Crippen LogP contribution in [-0.2, 0) is 4.74 Å². The molecule has 2 unspecified atom stereocenters. The van der Waals surface area contributed by atoms with Crippen molar-refractivity contribution in [2.45, 2.75) is 12.2 Å². The Morgan fingerprint density at radius 2 is 2.00 bits per heavy atom. The minimum atomic E-state index is -0.317. The molecule has 2 rings (SSSR count). The smallest absolute Gasteiger partial charge is 0.175 e. The van der Waals surface area contributed by atoms with Crippen LogP contribution in [0.4, 0.5) is 0 Å². The summed E-state index contributed by atoms with van der Waals surface area (Å²) in [7, 11) is 3.17. The number of nitrogens with zero attached hydrogens (tertiary/aromatic N) is 1. The summed E-state index contributed by atoms with van der Waals surface area (Å²) in [6.07, 6.45) is -0.432. The van der Waals surface area contributed by atoms with Gasteiger partial charge in [-0.15, -0.1) is 0 Å². The number of benzene rings is 1. The van der Waals surface area contributed by atoms with Gasteiger partial charge in [0.1, 0.15) is 6.10 Å². The molecule has 0 spiro atoms. The highest BCUT2D eigenvalue weighted by Crippen LogP contribution is 2.41. The van der Waals surface area contributed by atoms with E-state index in [1.54, 1.807) is 14.2 Å². The highest BCUT2D eigenvalue weighted by molar-refractivity contribution is 5.44. The first-order chi connectivity index (χ1) is 7.30. The number of hydrogen-bond acceptors (Lipinski definition) is 4. The van der Waals surface area contributed by atoms with E-state index in [-0.39, 0.29) is 12.2 Å². The molecule has 1 saturated heterocycles. The summed E-state index contributed by atoms with van der Waals surface area (Å²) in [4.78, 5) is 0. The Morgan fingerprint density at radius 3 is 2.53 bits per heavy atom. The zero-order valence-corrected chi connectivity index (χ0v) is 8.56. The zero-order valence-electron chi connectivity index (χ0n) is 8.56.